The van der Waals surface area contributed by atoms with Crippen LogP contribution in [-0.4, -0.2) is 38.7 Å². The van der Waals surface area contributed by atoms with Gasteiger partial charge in [0.2, 0.25) is 0 Å². The van der Waals surface area contributed by atoms with Gasteiger partial charge in [0.15, 0.2) is 11.6 Å². The highest BCUT2D eigenvalue weighted by Crippen LogP contribution is 2.12. The molecule has 2 N–H and O–H groups in total. The maximum Gasteiger partial charge on any atom is 0.287 e. The predicted molar refractivity (Wildman–Crippen MR) is 88.2 cm³/mol. The Hall–Kier alpha value is -3.16. The first kappa shape index (κ1) is 15.7. The summed E-state index contributed by atoms with van der Waals surface area (Å²) in [5.41, 5.74) is 1.93. The minimum Gasteiger partial charge on any atom is -0.459 e. The van der Waals surface area contributed by atoms with Gasteiger partial charge in [-0.05, 0) is 32.0 Å². The molecule has 0 fully saturated rings. The summed E-state index contributed by atoms with van der Waals surface area (Å²) >= 11 is 0. The van der Waals surface area contributed by atoms with Gasteiger partial charge in [-0.25, -0.2) is 14.6 Å². The largest absolute Gasteiger partial charge is 0.459 e. The van der Waals surface area contributed by atoms with Gasteiger partial charge in [-0.2, -0.15) is 5.10 Å². The summed E-state index contributed by atoms with van der Waals surface area (Å²) < 4.78 is 6.79. The van der Waals surface area contributed by atoms with E-state index >= 15 is 0 Å². The number of hydrogen-bond donors (Lipinski definition) is 2. The Morgan fingerprint density at radius 3 is 2.83 bits per heavy atom. The third-order valence-electron chi connectivity index (χ3n) is 3.34. The lowest BCUT2D eigenvalue weighted by Gasteiger charge is -2.08. The summed E-state index contributed by atoms with van der Waals surface area (Å²) in [7, 11) is 0. The molecule has 24 heavy (non-hydrogen) atoms. The van der Waals surface area contributed by atoms with Gasteiger partial charge in [0.25, 0.3) is 5.91 Å². The predicted octanol–water partition coefficient (Wildman–Crippen LogP) is 1.71. The second kappa shape index (κ2) is 6.95. The minimum absolute atomic E-state index is 0.243. The maximum absolute atomic E-state index is 11.7. The van der Waals surface area contributed by atoms with Crippen LogP contribution in [0.15, 0.2) is 41.3 Å². The molecule has 3 rings (SSSR count). The Morgan fingerprint density at radius 2 is 2.12 bits per heavy atom. The molecule has 0 aliphatic heterocycles. The van der Waals surface area contributed by atoms with E-state index in [9.17, 15) is 4.79 Å². The van der Waals surface area contributed by atoms with Gasteiger partial charge in [-0.3, -0.25) is 4.79 Å². The van der Waals surface area contributed by atoms with Crippen LogP contribution in [0.3, 0.4) is 0 Å². The Morgan fingerprint density at radius 1 is 1.25 bits per heavy atom. The van der Waals surface area contributed by atoms with Crippen LogP contribution in [0.1, 0.15) is 21.9 Å². The molecule has 0 radical (unpaired) electrons. The zero-order valence-corrected chi connectivity index (χ0v) is 13.5. The molecule has 8 nitrogen and oxygen atoms in total. The number of aryl methyl sites for hydroxylation is 2. The van der Waals surface area contributed by atoms with Crippen LogP contribution in [0.4, 0.5) is 5.82 Å². The lowest BCUT2D eigenvalue weighted by molar-refractivity contribution is 0.0927. The summed E-state index contributed by atoms with van der Waals surface area (Å²) in [6.45, 7) is 4.88. The van der Waals surface area contributed by atoms with Gasteiger partial charge < -0.3 is 15.1 Å². The SMILES string of the molecule is Cc1cc(C)n(-c2cc(NCCNC(=O)c3ccco3)ncn2)n1. The summed E-state index contributed by atoms with van der Waals surface area (Å²) in [4.78, 5) is 20.1. The minimum atomic E-state index is -0.243. The molecule has 3 heterocycles. The quantitative estimate of drug-likeness (QED) is 0.669. The zero-order chi connectivity index (χ0) is 16.9. The summed E-state index contributed by atoms with van der Waals surface area (Å²) in [5.74, 6) is 1.41. The average molecular weight is 326 g/mol. The zero-order valence-electron chi connectivity index (χ0n) is 13.5. The second-order valence-corrected chi connectivity index (χ2v) is 5.26. The molecule has 0 aliphatic carbocycles. The number of carbonyl (C=O) groups excluding carboxylic acids is 1. The van der Waals surface area contributed by atoms with E-state index in [-0.39, 0.29) is 5.91 Å². The highest BCUT2D eigenvalue weighted by atomic mass is 16.3. The Balaban J connectivity index is 1.55. The molecule has 0 unspecified atom stereocenters. The van der Waals surface area contributed by atoms with Crippen molar-refractivity contribution in [3.8, 4) is 5.82 Å². The van der Waals surface area contributed by atoms with Crippen LogP contribution in [0.5, 0.6) is 0 Å². The van der Waals surface area contributed by atoms with E-state index in [0.29, 0.717) is 30.5 Å². The molecule has 0 aliphatic rings. The first-order chi connectivity index (χ1) is 11.6. The van der Waals surface area contributed by atoms with Gasteiger partial charge in [0.05, 0.1) is 12.0 Å². The molecule has 0 saturated heterocycles. The van der Waals surface area contributed by atoms with Crippen LogP contribution in [0.25, 0.3) is 5.82 Å². The molecule has 0 saturated carbocycles. The standard InChI is InChI=1S/C16H18N6O2/c1-11-8-12(2)22(21-11)15-9-14(19-10-20-15)17-5-6-18-16(23)13-4-3-7-24-13/h3-4,7-10H,5-6H2,1-2H3,(H,18,23)(H,17,19,20). The number of nitrogens with one attached hydrogen (secondary N) is 2. The second-order valence-electron chi connectivity index (χ2n) is 5.26. The van der Waals surface area contributed by atoms with E-state index in [1.165, 1.54) is 12.6 Å². The number of carbonyl (C=O) groups is 1. The van der Waals surface area contributed by atoms with E-state index in [2.05, 4.69) is 25.7 Å². The van der Waals surface area contributed by atoms with E-state index in [4.69, 9.17) is 4.42 Å². The highest BCUT2D eigenvalue weighted by Gasteiger charge is 2.08. The van der Waals surface area contributed by atoms with Crippen molar-refractivity contribution in [2.75, 3.05) is 18.4 Å². The van der Waals surface area contributed by atoms with Crippen LogP contribution in [0, 0.1) is 13.8 Å². The first-order valence-electron chi connectivity index (χ1n) is 7.55. The molecule has 124 valence electrons. The Kier molecular flexibility index (Phi) is 4.55. The van der Waals surface area contributed by atoms with Crippen molar-refractivity contribution in [3.63, 3.8) is 0 Å². The first-order valence-corrected chi connectivity index (χ1v) is 7.55. The molecule has 0 bridgehead atoms. The van der Waals surface area contributed by atoms with E-state index < -0.39 is 0 Å². The molecular formula is C16H18N6O2. The normalized spacial score (nSPS) is 10.6. The van der Waals surface area contributed by atoms with Crippen LogP contribution >= 0.6 is 0 Å². The number of amides is 1. The van der Waals surface area contributed by atoms with Crippen molar-refractivity contribution in [2.45, 2.75) is 13.8 Å². The number of aromatic nitrogens is 4. The highest BCUT2D eigenvalue weighted by molar-refractivity contribution is 5.91. The number of nitrogens with zero attached hydrogens (tertiary/aromatic N) is 4. The fraction of sp³-hybridized carbons (Fsp3) is 0.250. The smallest absolute Gasteiger partial charge is 0.287 e. The fourth-order valence-electron chi connectivity index (χ4n) is 2.28. The van der Waals surface area contributed by atoms with Crippen LogP contribution in [-0.2, 0) is 0 Å². The lowest BCUT2D eigenvalue weighted by atomic mass is 10.4. The van der Waals surface area contributed by atoms with Gasteiger partial charge in [0, 0.05) is 24.8 Å². The number of furan rings is 1. The molecule has 1 amide bonds. The molecule has 3 aromatic heterocycles. The lowest BCUT2D eigenvalue weighted by Crippen LogP contribution is -2.28. The molecule has 0 atom stereocenters. The van der Waals surface area contributed by atoms with E-state index in [0.717, 1.165) is 11.4 Å². The van der Waals surface area contributed by atoms with E-state index in [1.54, 1.807) is 16.8 Å². The molecule has 0 spiro atoms. The van der Waals surface area contributed by atoms with Gasteiger partial charge in [-0.1, -0.05) is 0 Å². The van der Waals surface area contributed by atoms with Crippen LogP contribution in [0.2, 0.25) is 0 Å². The van der Waals surface area contributed by atoms with Crippen molar-refractivity contribution >= 4 is 11.7 Å². The summed E-state index contributed by atoms with van der Waals surface area (Å²) in [6.07, 6.45) is 2.95. The molecule has 8 heteroatoms. The van der Waals surface area contributed by atoms with Gasteiger partial charge in [0.1, 0.15) is 12.1 Å². The molecular weight excluding hydrogens is 308 g/mol. The van der Waals surface area contributed by atoms with Gasteiger partial charge >= 0.3 is 0 Å². The third-order valence-corrected chi connectivity index (χ3v) is 3.34. The number of hydrogen-bond acceptors (Lipinski definition) is 6. The number of rotatable bonds is 6. The third kappa shape index (κ3) is 3.60. The van der Waals surface area contributed by atoms with Crippen molar-refractivity contribution in [2.24, 2.45) is 0 Å². The van der Waals surface area contributed by atoms with Crippen molar-refractivity contribution in [3.05, 3.63) is 54.0 Å². The maximum atomic E-state index is 11.7. The van der Waals surface area contributed by atoms with Crippen molar-refractivity contribution in [1.82, 2.24) is 25.1 Å². The van der Waals surface area contributed by atoms with Crippen molar-refractivity contribution in [1.29, 1.82) is 0 Å². The summed E-state index contributed by atoms with van der Waals surface area (Å²) in [5, 5.41) is 10.3. The summed E-state index contributed by atoms with van der Waals surface area (Å²) in [6, 6.07) is 7.09. The number of anilines is 1. The average Bonchev–Trinajstić information content (AvgIpc) is 3.21. The van der Waals surface area contributed by atoms with Crippen molar-refractivity contribution < 1.29 is 9.21 Å². The molecule has 0 aromatic carbocycles. The van der Waals surface area contributed by atoms with Gasteiger partial charge in [-0.15, -0.1) is 0 Å². The molecule has 3 aromatic rings. The van der Waals surface area contributed by atoms with E-state index in [1.807, 2.05) is 26.0 Å². The topological polar surface area (TPSA) is 97.9 Å². The van der Waals surface area contributed by atoms with Crippen LogP contribution < -0.4 is 10.6 Å². The Bertz CT molecular complexity index is 825. The Labute approximate surface area is 138 Å². The monoisotopic (exact) mass is 326 g/mol. The fourth-order valence-corrected chi connectivity index (χ4v) is 2.28.